The summed E-state index contributed by atoms with van der Waals surface area (Å²) in [5.41, 5.74) is 29.8. The molecule has 12 atom stereocenters. The number of nitrogens with one attached hydrogen (secondary N) is 17. The number of benzene rings is 3. The summed E-state index contributed by atoms with van der Waals surface area (Å²) in [4.78, 5) is 313. The van der Waals surface area contributed by atoms with E-state index in [4.69, 9.17) is 28.7 Å². The van der Waals surface area contributed by atoms with Crippen molar-refractivity contribution in [3.05, 3.63) is 114 Å². The van der Waals surface area contributed by atoms with Gasteiger partial charge in [-0.15, -0.1) is 0 Å². The number of aromatic hydroxyl groups is 1. The molecule has 1 saturated heterocycles. The van der Waals surface area contributed by atoms with Gasteiger partial charge in [0, 0.05) is 119 Å². The number of hydrogen-bond acceptors (Lipinski definition) is 30. The molecule has 148 heavy (non-hydrogen) atoms. The predicted molar refractivity (Wildman–Crippen MR) is 535 cm³/mol. The van der Waals surface area contributed by atoms with Gasteiger partial charge in [-0.05, 0) is 129 Å². The molecule has 3 aromatic carbocycles. The highest BCUT2D eigenvalue weighted by molar-refractivity contribution is 7.98. The molecule has 8 unspecified atom stereocenters. The standard InChI is InChI=1S/C94H137N27O26S/c1-7-53(4)82(94(147)110-63(83(99)136)27-37-148-6)117-92(145)69(40-59-43-100-51-105-59)108-76(128)46-104-93(146)81(52(2)3)116-84(137)54(5)106-90(143)68(39-57-42-101-62-13-9-8-12-61(57)62)115-89(142)66(24-26-72(97)124)113-91(144)70(41-73(98)125)109-75(127)45-103-86(139)67(38-55-15-21-60(122)22-16-55)114-87(140)64(14-10-11-28-95)112-88(141)65(23-25-71(96)123)111-85(138)56-17-19-58(20-18-56)107-74(126)44-102-77(129)47-118-29-31-119(48-78(130)131)33-35-121(50-80(134)135)36-34-120(32-30-118)49-79(132)133/h8-9,12-13,15-22,42-43,51-54,63-70,81-82,101,122H,7,10-11,14,23-41,44-50,95H2,1-6H3,(H2,96,123)(H2,97,124)(H2,98,125)(H2,99,136)(H,100,105)(H,102,129)(H,103,139)(H,104,146)(H,106,143)(H,107,126)(H,108,128)(H,109,127)(H,110,147)(H,111,138)(H,112,141)(H,113,144)(H,114,140)(H,115,142)(H,116,137)(H,117,145)(H,130,131)(H,132,133)(H,134,135)/t53-,54?,63-,64?,65?,66?,67-,68?,69-,70?,81?,82?/m0/s1. The number of nitrogens with zero attached hydrogens (tertiary/aromatic N) is 5. The third-order valence-electron chi connectivity index (χ3n) is 23.8. The van der Waals surface area contributed by atoms with E-state index in [1.54, 1.807) is 71.6 Å². The fourth-order valence-electron chi connectivity index (χ4n) is 15.4. The Balaban J connectivity index is 1.12. The van der Waals surface area contributed by atoms with Crippen LogP contribution in [0.1, 0.15) is 126 Å². The van der Waals surface area contributed by atoms with E-state index >= 15 is 0 Å². The number of hydrogen-bond donors (Lipinski definition) is 26. The van der Waals surface area contributed by atoms with E-state index in [1.165, 1.54) is 85.9 Å². The topological polar surface area (TPSA) is 824 Å². The second-order valence-corrected chi connectivity index (χ2v) is 36.9. The Labute approximate surface area is 856 Å². The molecular formula is C94H137N27O26S. The van der Waals surface area contributed by atoms with Crippen LogP contribution in [0.4, 0.5) is 5.69 Å². The van der Waals surface area contributed by atoms with Gasteiger partial charge in [-0.2, -0.15) is 11.8 Å². The lowest BCUT2D eigenvalue weighted by Crippen LogP contribution is -2.60. The highest BCUT2D eigenvalue weighted by Crippen LogP contribution is 2.22. The van der Waals surface area contributed by atoms with Gasteiger partial charge in [0.1, 0.15) is 72.2 Å². The molecule has 5 aromatic rings. The number of phenols is 1. The minimum absolute atomic E-state index is 0.0912. The van der Waals surface area contributed by atoms with Crippen LogP contribution in [0.25, 0.3) is 10.9 Å². The van der Waals surface area contributed by atoms with Crippen LogP contribution >= 0.6 is 11.8 Å². The Morgan fingerprint density at radius 3 is 1.42 bits per heavy atom. The van der Waals surface area contributed by atoms with E-state index in [9.17, 15) is 126 Å². The minimum Gasteiger partial charge on any atom is -0.508 e. The van der Waals surface area contributed by atoms with Crippen molar-refractivity contribution >= 4 is 158 Å². The maximum absolute atomic E-state index is 14.8. The second kappa shape index (κ2) is 62.5. The van der Waals surface area contributed by atoms with Gasteiger partial charge in [-0.3, -0.25) is 125 Å². The molecule has 1 aliphatic heterocycles. The van der Waals surface area contributed by atoms with Crippen molar-refractivity contribution in [2.75, 3.05) is 122 Å². The molecule has 0 spiro atoms. The summed E-state index contributed by atoms with van der Waals surface area (Å²) in [6.45, 7) is 5.26. The van der Waals surface area contributed by atoms with E-state index in [2.05, 4.69) is 94.7 Å². The summed E-state index contributed by atoms with van der Waals surface area (Å²) < 4.78 is 0. The van der Waals surface area contributed by atoms with E-state index in [1.807, 2.05) is 6.26 Å². The number of unbranched alkanes of at least 4 members (excludes halogenated alkanes) is 1. The molecule has 2 aromatic heterocycles. The number of thioether (sulfide) groups is 1. The smallest absolute Gasteiger partial charge is 0.317 e. The first-order chi connectivity index (χ1) is 70.2. The van der Waals surface area contributed by atoms with Crippen molar-refractivity contribution in [1.29, 1.82) is 0 Å². The van der Waals surface area contributed by atoms with Crippen LogP contribution in [-0.2, 0) is 120 Å². The number of para-hydroxylation sites is 1. The van der Waals surface area contributed by atoms with Crippen molar-refractivity contribution in [2.45, 2.75) is 185 Å². The lowest BCUT2D eigenvalue weighted by molar-refractivity contribution is -0.140. The Bertz CT molecular complexity index is 5370. The summed E-state index contributed by atoms with van der Waals surface area (Å²) in [6, 6.07) is 0.507. The summed E-state index contributed by atoms with van der Waals surface area (Å²) >= 11 is 1.43. The first-order valence-corrected chi connectivity index (χ1v) is 49.3. The van der Waals surface area contributed by atoms with Gasteiger partial charge < -0.3 is 139 Å². The monoisotopic (exact) mass is 2090 g/mol. The van der Waals surface area contributed by atoms with Crippen LogP contribution in [0, 0.1) is 11.8 Å². The fraction of sp³-hybridized carbons (Fsp3) is 0.521. The Morgan fingerprint density at radius 2 is 0.912 bits per heavy atom. The predicted octanol–water partition coefficient (Wildman–Crippen LogP) is -7.47. The third-order valence-corrected chi connectivity index (χ3v) is 24.4. The van der Waals surface area contributed by atoms with Crippen LogP contribution in [0.3, 0.4) is 0 Å². The first kappa shape index (κ1) is 121. The highest BCUT2D eigenvalue weighted by Gasteiger charge is 2.39. The number of carbonyl (C=O) groups excluding carboxylic acids is 19. The van der Waals surface area contributed by atoms with E-state index in [-0.39, 0.29) is 128 Å². The summed E-state index contributed by atoms with van der Waals surface area (Å²) in [7, 11) is 0. The maximum Gasteiger partial charge on any atom is 0.317 e. The van der Waals surface area contributed by atoms with Crippen molar-refractivity contribution in [3.8, 4) is 5.75 Å². The normalized spacial score (nSPS) is 15.2. The molecular weight excluding hydrogens is 1960 g/mol. The number of aliphatic carboxylic acids is 3. The molecule has 3 heterocycles. The van der Waals surface area contributed by atoms with Crippen LogP contribution in [0.5, 0.6) is 5.75 Å². The fourth-order valence-corrected chi connectivity index (χ4v) is 15.8. The molecule has 54 heteroatoms. The zero-order valence-electron chi connectivity index (χ0n) is 83.2. The number of H-pyrrole nitrogens is 2. The summed E-state index contributed by atoms with van der Waals surface area (Å²) in [5.74, 6) is -22.4. The number of aromatic nitrogens is 3. The third kappa shape index (κ3) is 43.9. The van der Waals surface area contributed by atoms with Crippen LogP contribution in [-0.4, -0.2) is 368 Å². The zero-order valence-corrected chi connectivity index (χ0v) is 84.0. The van der Waals surface area contributed by atoms with Gasteiger partial charge in [0.05, 0.1) is 64.3 Å². The molecule has 0 radical (unpaired) electrons. The Hall–Kier alpha value is -15.3. The van der Waals surface area contributed by atoms with Crippen LogP contribution < -0.4 is 108 Å². The number of carboxylic acid groups (broad SMARTS) is 3. The molecule has 1 fully saturated rings. The average molecular weight is 2090 g/mol. The van der Waals surface area contributed by atoms with Crippen molar-refractivity contribution in [3.63, 3.8) is 0 Å². The van der Waals surface area contributed by atoms with Gasteiger partial charge in [0.2, 0.25) is 106 Å². The Morgan fingerprint density at radius 1 is 0.439 bits per heavy atom. The molecule has 1 aliphatic rings. The number of fused-ring (bicyclic) bond motifs is 1. The quantitative estimate of drug-likeness (QED) is 0.0161. The molecule has 31 N–H and O–H groups in total. The highest BCUT2D eigenvalue weighted by atomic mass is 32.2. The number of anilines is 1. The number of imidazole rings is 1. The van der Waals surface area contributed by atoms with E-state index < -0.39 is 273 Å². The lowest BCUT2D eigenvalue weighted by atomic mass is 9.97. The van der Waals surface area contributed by atoms with E-state index in [0.29, 0.717) is 46.3 Å². The van der Waals surface area contributed by atoms with Crippen molar-refractivity contribution < 1.29 is 126 Å². The first-order valence-electron chi connectivity index (χ1n) is 48.0. The van der Waals surface area contributed by atoms with Crippen molar-refractivity contribution in [2.24, 2.45) is 40.5 Å². The Kier molecular flexibility index (Phi) is 51.3. The summed E-state index contributed by atoms with van der Waals surface area (Å²) in [6.07, 6.45) is 3.09. The molecule has 0 aliphatic carbocycles. The van der Waals surface area contributed by atoms with Gasteiger partial charge in [0.25, 0.3) is 5.91 Å². The van der Waals surface area contributed by atoms with Gasteiger partial charge >= 0.3 is 17.9 Å². The van der Waals surface area contributed by atoms with Crippen LogP contribution in [0.15, 0.2) is 91.5 Å². The van der Waals surface area contributed by atoms with Crippen molar-refractivity contribution in [1.82, 2.24) is 109 Å². The van der Waals surface area contributed by atoms with Crippen LogP contribution in [0.2, 0.25) is 0 Å². The molecule has 19 amide bonds. The molecule has 53 nitrogen and oxygen atoms in total. The number of nitrogens with two attached hydrogens (primary N) is 5. The molecule has 0 bridgehead atoms. The molecule has 810 valence electrons. The zero-order chi connectivity index (χ0) is 109. The number of aromatic amines is 2. The largest absolute Gasteiger partial charge is 0.508 e. The number of carboxylic acids is 3. The molecule has 6 rings (SSSR count). The lowest BCUT2D eigenvalue weighted by Gasteiger charge is -2.32. The maximum atomic E-state index is 14.8. The number of phenolic OH excluding ortho intramolecular Hbond substituents is 1. The van der Waals surface area contributed by atoms with Gasteiger partial charge in [-0.1, -0.05) is 64.4 Å². The number of amides is 19. The number of rotatable bonds is 62. The van der Waals surface area contributed by atoms with E-state index in [0.717, 1.165) is 0 Å². The average Bonchev–Trinajstić information content (AvgIpc) is 1.67. The number of primary amides is 4. The van der Waals surface area contributed by atoms with Gasteiger partial charge in [-0.25, -0.2) is 4.98 Å². The minimum atomic E-state index is -1.97. The number of carbonyl (C=O) groups is 22. The second-order valence-electron chi connectivity index (χ2n) is 35.9. The SMILES string of the molecule is CC[C@H](C)C(NC(=O)[C@H](Cc1c[nH]cn1)NC(=O)CNC(=O)C(NC(=O)C(C)NC(=O)C(Cc1c[nH]c2ccccc12)NC(=O)C(CCC(N)=O)NC(=O)C(CC(N)=O)NC(=O)CNC(=O)[C@H](Cc1ccc(O)cc1)NC(=O)C(CCCCN)NC(=O)C(CCC(N)=O)NC(=O)c1ccc(NC(=O)CNC(=O)CN2CCN(CC(=O)O)CCN(CC(=O)O)CCN(CC(=O)O)CC2)cc1)C(C)C)C(=O)N[C@@H](CCSC)C(N)=O. The molecule has 0 saturated carbocycles. The van der Waals surface area contributed by atoms with Gasteiger partial charge in [0.15, 0.2) is 0 Å². The summed E-state index contributed by atoms with van der Waals surface area (Å²) in [5, 5.41) is 77.1.